The highest BCUT2D eigenvalue weighted by Crippen LogP contribution is 2.49. The molecule has 0 fully saturated rings. The van der Waals surface area contributed by atoms with Gasteiger partial charge in [-0.1, -0.05) is 65.7 Å². The minimum atomic E-state index is -0.707. The smallest absolute Gasteiger partial charge is 0.336 e. The van der Waals surface area contributed by atoms with Gasteiger partial charge in [0.15, 0.2) is 17.3 Å². The Balaban J connectivity index is 1.60. The van der Waals surface area contributed by atoms with Gasteiger partial charge < -0.3 is 19.5 Å². The Kier molecular flexibility index (Phi) is 6.52. The molecule has 5 rings (SSSR count). The number of ether oxygens (including phenoxy) is 3. The molecule has 1 heterocycles. The van der Waals surface area contributed by atoms with E-state index < -0.39 is 11.9 Å². The van der Waals surface area contributed by atoms with Crippen molar-refractivity contribution in [3.63, 3.8) is 0 Å². The fourth-order valence-corrected chi connectivity index (χ4v) is 5.20. The van der Waals surface area contributed by atoms with E-state index in [0.717, 1.165) is 16.7 Å². The Morgan fingerprint density at radius 1 is 1.00 bits per heavy atom. The summed E-state index contributed by atoms with van der Waals surface area (Å²) >= 11 is 6.74. The molecule has 188 valence electrons. The third kappa shape index (κ3) is 4.27. The number of methoxy groups -OCH3 is 2. The summed E-state index contributed by atoms with van der Waals surface area (Å²) in [6.07, 6.45) is 0. The van der Waals surface area contributed by atoms with Crippen LogP contribution in [-0.4, -0.2) is 26.0 Å². The number of Topliss-reactive ketones (excluding diaryl/α,β-unsaturated/α-hetero) is 1. The van der Waals surface area contributed by atoms with Gasteiger partial charge in [-0.15, -0.1) is 0 Å². The van der Waals surface area contributed by atoms with Crippen molar-refractivity contribution in [3.05, 3.63) is 110 Å². The standard InChI is InChI=1S/C30H26ClNO5/c1-16-9-11-18(12-10-16)15-37-29-22(31)13-19(14-23(29)35-3)25-24(30(34)36-4)17(2)32-27-20-7-5-6-8-21(20)28(33)26(25)27/h5-14,25,32H,15H2,1-4H3/t25-/m1/s1. The Labute approximate surface area is 220 Å². The third-order valence-corrected chi connectivity index (χ3v) is 7.02. The van der Waals surface area contributed by atoms with Gasteiger partial charge in [-0.25, -0.2) is 4.79 Å². The maximum atomic E-state index is 13.6. The van der Waals surface area contributed by atoms with Crippen LogP contribution in [-0.2, 0) is 16.1 Å². The van der Waals surface area contributed by atoms with Gasteiger partial charge in [-0.05, 0) is 37.1 Å². The molecule has 0 bridgehead atoms. The summed E-state index contributed by atoms with van der Waals surface area (Å²) in [4.78, 5) is 26.6. The van der Waals surface area contributed by atoms with E-state index in [1.54, 1.807) is 25.1 Å². The van der Waals surface area contributed by atoms with E-state index >= 15 is 0 Å². The molecule has 1 N–H and O–H groups in total. The molecule has 3 aromatic rings. The average Bonchev–Trinajstić information content (AvgIpc) is 3.18. The molecule has 37 heavy (non-hydrogen) atoms. The van der Waals surface area contributed by atoms with E-state index in [2.05, 4.69) is 5.32 Å². The number of rotatable bonds is 6. The number of carbonyl (C=O) groups excluding carboxylic acids is 2. The first-order chi connectivity index (χ1) is 17.8. The van der Waals surface area contributed by atoms with Crippen molar-refractivity contribution in [2.24, 2.45) is 0 Å². The first kappa shape index (κ1) is 24.7. The van der Waals surface area contributed by atoms with Gasteiger partial charge in [-0.2, -0.15) is 0 Å². The van der Waals surface area contributed by atoms with Crippen LogP contribution in [0.25, 0.3) is 5.70 Å². The molecule has 0 aromatic heterocycles. The predicted molar refractivity (Wildman–Crippen MR) is 142 cm³/mol. The lowest BCUT2D eigenvalue weighted by molar-refractivity contribution is -0.136. The number of carbonyl (C=O) groups is 2. The Morgan fingerprint density at radius 3 is 2.38 bits per heavy atom. The molecule has 3 aromatic carbocycles. The highest BCUT2D eigenvalue weighted by atomic mass is 35.5. The van der Waals surface area contributed by atoms with Gasteiger partial charge in [0.05, 0.1) is 30.5 Å². The number of halogens is 1. The fourth-order valence-electron chi connectivity index (χ4n) is 4.93. The maximum absolute atomic E-state index is 13.6. The SMILES string of the molecule is COC(=O)C1=C(C)NC2=C(C(=O)c3ccccc32)[C@@H]1c1cc(Cl)c(OCc2ccc(C)cc2)c(OC)c1. The van der Waals surface area contributed by atoms with E-state index in [-0.39, 0.29) is 5.78 Å². The lowest BCUT2D eigenvalue weighted by Gasteiger charge is -2.29. The molecule has 1 atom stereocenters. The van der Waals surface area contributed by atoms with Crippen molar-refractivity contribution in [3.8, 4) is 11.5 Å². The Morgan fingerprint density at radius 2 is 1.70 bits per heavy atom. The topological polar surface area (TPSA) is 73.9 Å². The maximum Gasteiger partial charge on any atom is 0.336 e. The van der Waals surface area contributed by atoms with Crippen molar-refractivity contribution < 1.29 is 23.8 Å². The molecule has 0 spiro atoms. The van der Waals surface area contributed by atoms with Crippen LogP contribution in [0.15, 0.2) is 77.5 Å². The number of esters is 1. The first-order valence-corrected chi connectivity index (χ1v) is 12.2. The number of hydrogen-bond acceptors (Lipinski definition) is 6. The van der Waals surface area contributed by atoms with E-state index in [1.165, 1.54) is 14.2 Å². The highest BCUT2D eigenvalue weighted by Gasteiger charge is 2.43. The molecule has 1 aliphatic carbocycles. The monoisotopic (exact) mass is 515 g/mol. The highest BCUT2D eigenvalue weighted by molar-refractivity contribution is 6.32. The van der Waals surface area contributed by atoms with Crippen LogP contribution in [0, 0.1) is 6.92 Å². The second kappa shape index (κ2) is 9.79. The van der Waals surface area contributed by atoms with Crippen LogP contribution >= 0.6 is 11.6 Å². The zero-order valence-electron chi connectivity index (χ0n) is 21.0. The zero-order valence-corrected chi connectivity index (χ0v) is 21.7. The largest absolute Gasteiger partial charge is 0.493 e. The molecule has 0 saturated heterocycles. The molecule has 0 radical (unpaired) electrons. The van der Waals surface area contributed by atoms with Gasteiger partial charge in [0.2, 0.25) is 0 Å². The van der Waals surface area contributed by atoms with Gasteiger partial charge in [0.25, 0.3) is 0 Å². The summed E-state index contributed by atoms with van der Waals surface area (Å²) in [5, 5.41) is 3.59. The third-order valence-electron chi connectivity index (χ3n) is 6.74. The first-order valence-electron chi connectivity index (χ1n) is 11.8. The molecule has 1 aliphatic heterocycles. The number of nitrogens with one attached hydrogen (secondary N) is 1. The number of allylic oxidation sites excluding steroid dienone is 2. The van der Waals surface area contributed by atoms with Crippen LogP contribution in [0.3, 0.4) is 0 Å². The van der Waals surface area contributed by atoms with Crippen molar-refractivity contribution in [1.29, 1.82) is 0 Å². The molecule has 6 nitrogen and oxygen atoms in total. The number of hydrogen-bond donors (Lipinski definition) is 1. The quantitative estimate of drug-likeness (QED) is 0.407. The second-order valence-electron chi connectivity index (χ2n) is 9.06. The summed E-state index contributed by atoms with van der Waals surface area (Å²) in [5.41, 5.74) is 6.26. The second-order valence-corrected chi connectivity index (χ2v) is 9.47. The Bertz CT molecular complexity index is 1490. The number of aryl methyl sites for hydroxylation is 1. The van der Waals surface area contributed by atoms with E-state index in [4.69, 9.17) is 25.8 Å². The molecule has 0 saturated carbocycles. The van der Waals surface area contributed by atoms with Crippen molar-refractivity contribution in [2.45, 2.75) is 26.4 Å². The normalized spacial score (nSPS) is 16.2. The van der Waals surface area contributed by atoms with Crippen LogP contribution < -0.4 is 14.8 Å². The van der Waals surface area contributed by atoms with Crippen LogP contribution in [0.2, 0.25) is 5.02 Å². The number of dihydropyridines is 1. The summed E-state index contributed by atoms with van der Waals surface area (Å²) in [7, 11) is 2.85. The molecule has 7 heteroatoms. The Hall–Kier alpha value is -4.03. The molecule has 2 aliphatic rings. The van der Waals surface area contributed by atoms with Crippen LogP contribution in [0.5, 0.6) is 11.5 Å². The van der Waals surface area contributed by atoms with Crippen LogP contribution in [0.1, 0.15) is 45.5 Å². The number of fused-ring (bicyclic) bond motifs is 2. The average molecular weight is 516 g/mol. The van der Waals surface area contributed by atoms with Gasteiger partial charge in [0, 0.05) is 28.3 Å². The van der Waals surface area contributed by atoms with E-state index in [0.29, 0.717) is 56.8 Å². The van der Waals surface area contributed by atoms with Gasteiger partial charge in [0.1, 0.15) is 6.61 Å². The predicted octanol–water partition coefficient (Wildman–Crippen LogP) is 5.98. The summed E-state index contributed by atoms with van der Waals surface area (Å²) in [6, 6.07) is 18.9. The minimum Gasteiger partial charge on any atom is -0.493 e. The molecular weight excluding hydrogens is 490 g/mol. The lowest BCUT2D eigenvalue weighted by atomic mass is 9.79. The fraction of sp³-hybridized carbons (Fsp3) is 0.200. The number of benzene rings is 3. The summed E-state index contributed by atoms with van der Waals surface area (Å²) < 4.78 is 16.8. The van der Waals surface area contributed by atoms with Gasteiger partial charge >= 0.3 is 5.97 Å². The minimum absolute atomic E-state index is 0.146. The van der Waals surface area contributed by atoms with Crippen molar-refractivity contribution >= 4 is 29.1 Å². The molecular formula is C30H26ClNO5. The number of ketones is 1. The van der Waals surface area contributed by atoms with Crippen LogP contribution in [0.4, 0.5) is 0 Å². The van der Waals surface area contributed by atoms with E-state index in [1.807, 2.05) is 49.4 Å². The summed E-state index contributed by atoms with van der Waals surface area (Å²) in [5.74, 6) is -0.592. The van der Waals surface area contributed by atoms with Gasteiger partial charge in [-0.3, -0.25) is 4.79 Å². The van der Waals surface area contributed by atoms with E-state index in [9.17, 15) is 9.59 Å². The lowest BCUT2D eigenvalue weighted by Crippen LogP contribution is -2.29. The molecule has 0 unspecified atom stereocenters. The van der Waals surface area contributed by atoms with Crippen molar-refractivity contribution in [2.75, 3.05) is 14.2 Å². The van der Waals surface area contributed by atoms with Crippen molar-refractivity contribution in [1.82, 2.24) is 5.32 Å². The summed E-state index contributed by atoms with van der Waals surface area (Å²) in [6.45, 7) is 4.13. The zero-order chi connectivity index (χ0) is 26.3. The molecule has 0 amide bonds.